The zero-order valence-corrected chi connectivity index (χ0v) is 54.1. The summed E-state index contributed by atoms with van der Waals surface area (Å²) >= 11 is 0. The summed E-state index contributed by atoms with van der Waals surface area (Å²) in [6.45, 7) is 6.57. The molecule has 0 rings (SSSR count). The van der Waals surface area contributed by atoms with Gasteiger partial charge in [-0.15, -0.1) is 0 Å². The minimum atomic E-state index is -0.773. The molecule has 0 spiro atoms. The zero-order valence-electron chi connectivity index (χ0n) is 54.1. The van der Waals surface area contributed by atoms with Gasteiger partial charge in [0.25, 0.3) is 0 Å². The number of rotatable bonds is 65. The van der Waals surface area contributed by atoms with E-state index in [1.807, 2.05) is 0 Å². The van der Waals surface area contributed by atoms with Crippen molar-refractivity contribution < 1.29 is 28.6 Å². The number of hydrogen-bond donors (Lipinski definition) is 0. The van der Waals surface area contributed by atoms with Crippen LogP contribution >= 0.6 is 0 Å². The largest absolute Gasteiger partial charge is 0.462 e. The Bertz CT molecular complexity index is 1490. The lowest BCUT2D eigenvalue weighted by molar-refractivity contribution is -0.167. The summed E-state index contributed by atoms with van der Waals surface area (Å²) in [6.07, 6.45) is 90.8. The Hall–Kier alpha value is -3.15. The molecule has 0 amide bonds. The van der Waals surface area contributed by atoms with E-state index in [1.54, 1.807) is 0 Å². The summed E-state index contributed by atoms with van der Waals surface area (Å²) in [4.78, 5) is 38.3. The lowest BCUT2D eigenvalue weighted by Crippen LogP contribution is -2.30. The average Bonchev–Trinajstić information content (AvgIpc) is 3.47. The quantitative estimate of drug-likeness (QED) is 0.0261. The highest BCUT2D eigenvalue weighted by molar-refractivity contribution is 5.71. The number of ether oxygens (including phenoxy) is 3. The number of esters is 3. The van der Waals surface area contributed by atoms with E-state index >= 15 is 0 Å². The first-order valence-electron chi connectivity index (χ1n) is 35.4. The topological polar surface area (TPSA) is 78.9 Å². The lowest BCUT2D eigenvalue weighted by atomic mass is 10.0. The summed E-state index contributed by atoms with van der Waals surface area (Å²) in [5, 5.41) is 0. The minimum absolute atomic E-state index is 0.0698. The van der Waals surface area contributed by atoms with E-state index in [0.717, 1.165) is 89.9 Å². The first-order valence-corrected chi connectivity index (χ1v) is 35.4. The number of allylic oxidation sites excluding steroid dienone is 12. The Morgan fingerprint density at radius 3 is 0.765 bits per heavy atom. The molecular weight excluding hydrogens is 997 g/mol. The van der Waals surface area contributed by atoms with Gasteiger partial charge in [0.15, 0.2) is 6.10 Å². The summed E-state index contributed by atoms with van der Waals surface area (Å²) in [7, 11) is 0. The number of carbonyl (C=O) groups excluding carboxylic acids is 3. The van der Waals surface area contributed by atoms with E-state index in [4.69, 9.17) is 14.2 Å². The third kappa shape index (κ3) is 67.5. The van der Waals surface area contributed by atoms with E-state index in [-0.39, 0.29) is 31.1 Å². The normalized spacial score (nSPS) is 12.5. The lowest BCUT2D eigenvalue weighted by Gasteiger charge is -2.18. The van der Waals surface area contributed by atoms with Gasteiger partial charge in [-0.2, -0.15) is 0 Å². The van der Waals surface area contributed by atoms with Crippen molar-refractivity contribution in [2.45, 2.75) is 374 Å². The Labute approximate surface area is 503 Å². The van der Waals surface area contributed by atoms with E-state index in [9.17, 15) is 14.4 Å². The molecule has 0 N–H and O–H groups in total. The highest BCUT2D eigenvalue weighted by Crippen LogP contribution is 2.18. The molecule has 6 heteroatoms. The van der Waals surface area contributed by atoms with E-state index < -0.39 is 6.10 Å². The monoisotopic (exact) mass is 1130 g/mol. The summed E-state index contributed by atoms with van der Waals surface area (Å²) < 4.78 is 17.0. The fourth-order valence-electron chi connectivity index (χ4n) is 10.4. The molecule has 0 fully saturated rings. The molecule has 0 radical (unpaired) electrons. The van der Waals surface area contributed by atoms with Gasteiger partial charge < -0.3 is 14.2 Å². The molecule has 81 heavy (non-hydrogen) atoms. The Morgan fingerprint density at radius 1 is 0.259 bits per heavy atom. The van der Waals surface area contributed by atoms with Gasteiger partial charge in [0.05, 0.1) is 0 Å². The van der Waals surface area contributed by atoms with Crippen molar-refractivity contribution in [2.24, 2.45) is 0 Å². The fraction of sp³-hybridized carbons (Fsp3) is 0.800. The standard InChI is InChI=1S/C75H134O6/c1-4-7-10-13-16-19-22-24-26-28-30-31-32-33-34-35-36-37-38-39-40-41-42-43-45-46-48-50-53-56-59-62-65-68-74(77)80-71-72(70-79-73(76)67-64-61-58-55-52-21-18-15-12-9-6-3)81-75(78)69-66-63-60-57-54-51-49-47-44-29-27-25-23-20-17-14-11-8-5-2/h7,10,16,19,24-27,30-31,33-34,72H,4-6,8-9,11-15,17-18,20-23,28-29,32,35-71H2,1-3H3/b10-7-,19-16-,26-24-,27-25-,31-30-,34-33-. The van der Waals surface area contributed by atoms with Gasteiger partial charge in [-0.05, 0) is 89.9 Å². The van der Waals surface area contributed by atoms with Crippen LogP contribution in [0.15, 0.2) is 72.9 Å². The molecule has 0 aliphatic rings. The van der Waals surface area contributed by atoms with Gasteiger partial charge in [-0.25, -0.2) is 0 Å². The molecule has 0 aliphatic carbocycles. The maximum Gasteiger partial charge on any atom is 0.306 e. The molecule has 0 aromatic heterocycles. The Kier molecular flexibility index (Phi) is 66.6. The summed E-state index contributed by atoms with van der Waals surface area (Å²) in [5.41, 5.74) is 0. The third-order valence-corrected chi connectivity index (χ3v) is 15.7. The van der Waals surface area contributed by atoms with E-state index in [0.29, 0.717) is 19.3 Å². The maximum absolute atomic E-state index is 12.9. The first-order chi connectivity index (χ1) is 40.0. The highest BCUT2D eigenvalue weighted by Gasteiger charge is 2.19. The zero-order chi connectivity index (χ0) is 58.5. The Balaban J connectivity index is 4.13. The highest BCUT2D eigenvalue weighted by atomic mass is 16.6. The molecule has 0 aliphatic heterocycles. The van der Waals surface area contributed by atoms with Crippen LogP contribution in [0, 0.1) is 0 Å². The van der Waals surface area contributed by atoms with Crippen molar-refractivity contribution >= 4 is 17.9 Å². The van der Waals surface area contributed by atoms with Gasteiger partial charge in [-0.3, -0.25) is 14.4 Å². The van der Waals surface area contributed by atoms with Crippen LogP contribution in [0.25, 0.3) is 0 Å². The van der Waals surface area contributed by atoms with Crippen molar-refractivity contribution in [1.82, 2.24) is 0 Å². The fourth-order valence-corrected chi connectivity index (χ4v) is 10.4. The average molecular weight is 1130 g/mol. The number of carbonyl (C=O) groups is 3. The molecule has 0 heterocycles. The second-order valence-electron chi connectivity index (χ2n) is 23.8. The summed E-state index contributed by atoms with van der Waals surface area (Å²) in [6, 6.07) is 0. The molecule has 0 aromatic carbocycles. The van der Waals surface area contributed by atoms with Crippen molar-refractivity contribution in [3.63, 3.8) is 0 Å². The van der Waals surface area contributed by atoms with Crippen LogP contribution in [-0.2, 0) is 28.6 Å². The number of hydrogen-bond acceptors (Lipinski definition) is 6. The molecule has 0 saturated heterocycles. The van der Waals surface area contributed by atoms with Crippen LogP contribution in [0.5, 0.6) is 0 Å². The van der Waals surface area contributed by atoms with Crippen LogP contribution < -0.4 is 0 Å². The molecule has 6 nitrogen and oxygen atoms in total. The van der Waals surface area contributed by atoms with Crippen molar-refractivity contribution in [3.8, 4) is 0 Å². The molecule has 0 saturated carbocycles. The van der Waals surface area contributed by atoms with Gasteiger partial charge in [-0.1, -0.05) is 331 Å². The second kappa shape index (κ2) is 69.3. The van der Waals surface area contributed by atoms with E-state index in [2.05, 4.69) is 93.7 Å². The van der Waals surface area contributed by atoms with Crippen molar-refractivity contribution in [1.29, 1.82) is 0 Å². The van der Waals surface area contributed by atoms with Gasteiger partial charge in [0, 0.05) is 19.3 Å². The maximum atomic E-state index is 12.9. The van der Waals surface area contributed by atoms with E-state index in [1.165, 1.54) is 238 Å². The third-order valence-electron chi connectivity index (χ3n) is 15.7. The van der Waals surface area contributed by atoms with Crippen LogP contribution in [0.2, 0.25) is 0 Å². The number of unbranched alkanes of at least 4 members (excludes halogenated alkanes) is 42. The smallest absolute Gasteiger partial charge is 0.306 e. The predicted octanol–water partition coefficient (Wildman–Crippen LogP) is 24.4. The summed E-state index contributed by atoms with van der Waals surface area (Å²) in [5.74, 6) is -0.850. The molecule has 1 atom stereocenters. The molecule has 1 unspecified atom stereocenters. The van der Waals surface area contributed by atoms with Crippen LogP contribution in [0.1, 0.15) is 367 Å². The first kappa shape index (κ1) is 77.9. The van der Waals surface area contributed by atoms with Crippen LogP contribution in [0.4, 0.5) is 0 Å². The van der Waals surface area contributed by atoms with Crippen LogP contribution in [0.3, 0.4) is 0 Å². The van der Waals surface area contributed by atoms with Crippen LogP contribution in [-0.4, -0.2) is 37.2 Å². The molecule has 470 valence electrons. The SMILES string of the molecule is CC/C=C\C/C=C\C/C=C\C/C=C\C/C=C\CCCCCCCCCCCCCCCCCCCC(=O)OCC(COC(=O)CCCCCCCCCCCCC)OC(=O)CCCCCCCCCCC/C=C\CCCCCCCC. The molecule has 0 bridgehead atoms. The Morgan fingerprint density at radius 2 is 0.481 bits per heavy atom. The molecule has 0 aromatic rings. The van der Waals surface area contributed by atoms with Gasteiger partial charge >= 0.3 is 17.9 Å². The van der Waals surface area contributed by atoms with Gasteiger partial charge in [0.2, 0.25) is 0 Å². The van der Waals surface area contributed by atoms with Gasteiger partial charge in [0.1, 0.15) is 13.2 Å². The van der Waals surface area contributed by atoms with Crippen molar-refractivity contribution in [2.75, 3.05) is 13.2 Å². The molecular formula is C75H134O6. The van der Waals surface area contributed by atoms with Crippen molar-refractivity contribution in [3.05, 3.63) is 72.9 Å². The minimum Gasteiger partial charge on any atom is -0.462 e. The predicted molar refractivity (Wildman–Crippen MR) is 353 cm³/mol. The second-order valence-corrected chi connectivity index (χ2v) is 23.8.